The smallest absolute Gasteiger partial charge is 0.427 e. The molecule has 170 valence electrons. The zero-order valence-electron chi connectivity index (χ0n) is 19.0. The molecule has 1 aromatic heterocycles. The van der Waals surface area contributed by atoms with Crippen LogP contribution in [-0.4, -0.2) is 30.6 Å². The minimum absolute atomic E-state index is 0.0292. The van der Waals surface area contributed by atoms with Crippen molar-refractivity contribution >= 4 is 40.9 Å². The number of halogens is 1. The Morgan fingerprint density at radius 3 is 2.68 bits per heavy atom. The average molecular weight is 467 g/mol. The fourth-order valence-corrected chi connectivity index (χ4v) is 4.03. The number of hydrogen-bond acceptors (Lipinski definition) is 6. The molecule has 0 aliphatic rings. The van der Waals surface area contributed by atoms with E-state index in [0.29, 0.717) is 22.0 Å². The fraction of sp³-hybridized carbons (Fsp3) is 0.500. The molecule has 0 spiro atoms. The Morgan fingerprint density at radius 2 is 2.06 bits per heavy atom. The maximum Gasteiger partial charge on any atom is 0.427 e. The third-order valence-electron chi connectivity index (χ3n) is 4.33. The van der Waals surface area contributed by atoms with E-state index in [-0.39, 0.29) is 12.0 Å². The van der Waals surface area contributed by atoms with Crippen LogP contribution in [0.2, 0.25) is 5.02 Å². The van der Waals surface area contributed by atoms with Gasteiger partial charge in [-0.15, -0.1) is 11.3 Å². The van der Waals surface area contributed by atoms with Crippen molar-refractivity contribution in [1.29, 1.82) is 0 Å². The van der Waals surface area contributed by atoms with Gasteiger partial charge >= 0.3 is 6.09 Å². The normalized spacial score (nSPS) is 12.4. The van der Waals surface area contributed by atoms with Gasteiger partial charge in [0.2, 0.25) is 0 Å². The lowest BCUT2D eigenvalue weighted by Gasteiger charge is -2.14. The molecule has 0 bridgehead atoms. The number of carbonyl (C=O) groups is 1. The van der Waals surface area contributed by atoms with Gasteiger partial charge in [0.25, 0.3) is 0 Å². The van der Waals surface area contributed by atoms with Crippen LogP contribution in [0.25, 0.3) is 0 Å². The monoisotopic (exact) mass is 466 g/mol. The van der Waals surface area contributed by atoms with E-state index in [4.69, 9.17) is 26.1 Å². The van der Waals surface area contributed by atoms with Crippen LogP contribution in [0.15, 0.2) is 28.4 Å². The highest BCUT2D eigenvalue weighted by Crippen LogP contribution is 2.34. The zero-order valence-corrected chi connectivity index (χ0v) is 20.6. The van der Waals surface area contributed by atoms with Gasteiger partial charge in [-0.1, -0.05) is 45.7 Å². The molecule has 0 fully saturated rings. The molecule has 1 amide bonds. The van der Waals surface area contributed by atoms with E-state index < -0.39 is 6.09 Å². The average Bonchev–Trinajstić information content (AvgIpc) is 3.09. The van der Waals surface area contributed by atoms with Crippen molar-refractivity contribution in [2.45, 2.75) is 59.4 Å². The summed E-state index contributed by atoms with van der Waals surface area (Å²) in [6.45, 7) is 11.6. The van der Waals surface area contributed by atoms with E-state index >= 15 is 0 Å². The van der Waals surface area contributed by atoms with Gasteiger partial charge in [0.1, 0.15) is 5.69 Å². The van der Waals surface area contributed by atoms with E-state index in [2.05, 4.69) is 49.0 Å². The molecule has 0 atom stereocenters. The molecule has 9 heteroatoms. The van der Waals surface area contributed by atoms with Crippen molar-refractivity contribution in [1.82, 2.24) is 9.99 Å². The first-order chi connectivity index (χ1) is 14.7. The Labute approximate surface area is 192 Å². The van der Waals surface area contributed by atoms with Gasteiger partial charge in [0.15, 0.2) is 10.6 Å². The topological polar surface area (TPSA) is 77.2 Å². The van der Waals surface area contributed by atoms with Crippen molar-refractivity contribution in [3.05, 3.63) is 38.6 Å². The molecule has 2 rings (SSSR count). The zero-order chi connectivity index (χ0) is 23.0. The number of aryl methyl sites for hydroxylation is 1. The maximum absolute atomic E-state index is 11.4. The second-order valence-electron chi connectivity index (χ2n) is 7.92. The largest absolute Gasteiger partial charge is 0.494 e. The van der Waals surface area contributed by atoms with Gasteiger partial charge < -0.3 is 14.0 Å². The number of unbranched alkanes of at least 4 members (excludes halogenated alkanes) is 1. The minimum atomic E-state index is -0.630. The van der Waals surface area contributed by atoms with Crippen molar-refractivity contribution < 1.29 is 14.3 Å². The number of thiazole rings is 1. The number of methoxy groups -OCH3 is 1. The number of ether oxygens (including phenoxy) is 2. The number of benzene rings is 1. The van der Waals surface area contributed by atoms with Crippen molar-refractivity contribution in [3.8, 4) is 5.75 Å². The number of hydrazone groups is 1. The maximum atomic E-state index is 11.4. The molecule has 2 aromatic rings. The minimum Gasteiger partial charge on any atom is -0.494 e. The molecule has 1 N–H and O–H groups in total. The number of carbonyl (C=O) groups excluding carboxylic acids is 1. The molecular formula is C22H31ClN4O3S. The molecular weight excluding hydrogens is 436 g/mol. The van der Waals surface area contributed by atoms with Crippen LogP contribution >= 0.6 is 22.9 Å². The third kappa shape index (κ3) is 7.11. The van der Waals surface area contributed by atoms with Crippen LogP contribution in [0, 0.1) is 0 Å². The summed E-state index contributed by atoms with van der Waals surface area (Å²) < 4.78 is 12.6. The molecule has 7 nitrogen and oxygen atoms in total. The van der Waals surface area contributed by atoms with E-state index in [1.807, 2.05) is 0 Å². The molecule has 0 aliphatic carbocycles. The number of aromatic nitrogens is 1. The van der Waals surface area contributed by atoms with Crippen LogP contribution in [0.4, 0.5) is 10.5 Å². The Balaban J connectivity index is 2.52. The van der Waals surface area contributed by atoms with Crippen molar-refractivity contribution in [3.63, 3.8) is 0 Å². The fourth-order valence-electron chi connectivity index (χ4n) is 2.72. The number of hydrogen-bond donors (Lipinski definition) is 1. The predicted octanol–water partition coefficient (Wildman–Crippen LogP) is 5.62. The standard InChI is InChI=1S/C22H31ClN4O3S/c1-7-9-10-27-14-18(22(3,4)5)31-20(27)25-17-12-16(23)11-15(19(17)29-6)13-24-26-21(28)30-8-2/h11-14H,7-10H2,1-6H3,(H,26,28)/b24-13?,25-20-. The Morgan fingerprint density at radius 1 is 1.32 bits per heavy atom. The second-order valence-corrected chi connectivity index (χ2v) is 9.37. The lowest BCUT2D eigenvalue weighted by Crippen LogP contribution is -2.18. The second kappa shape index (κ2) is 11.3. The van der Waals surface area contributed by atoms with Crippen molar-refractivity contribution in [2.75, 3.05) is 13.7 Å². The van der Waals surface area contributed by atoms with E-state index in [9.17, 15) is 4.79 Å². The highest BCUT2D eigenvalue weighted by atomic mass is 35.5. The predicted molar refractivity (Wildman–Crippen MR) is 127 cm³/mol. The lowest BCUT2D eigenvalue weighted by atomic mass is 9.95. The van der Waals surface area contributed by atoms with Crippen molar-refractivity contribution in [2.24, 2.45) is 10.1 Å². The summed E-state index contributed by atoms with van der Waals surface area (Å²) >= 11 is 8.01. The first-order valence-electron chi connectivity index (χ1n) is 10.3. The van der Waals surface area contributed by atoms with Crippen LogP contribution in [0.5, 0.6) is 5.75 Å². The first-order valence-corrected chi connectivity index (χ1v) is 11.5. The Kier molecular flexibility index (Phi) is 9.13. The summed E-state index contributed by atoms with van der Waals surface area (Å²) in [6.07, 6.45) is 5.18. The summed E-state index contributed by atoms with van der Waals surface area (Å²) in [5.41, 5.74) is 3.52. The highest BCUT2D eigenvalue weighted by molar-refractivity contribution is 7.09. The van der Waals surface area contributed by atoms with Gasteiger partial charge in [-0.3, -0.25) is 0 Å². The third-order valence-corrected chi connectivity index (χ3v) is 5.99. The van der Waals surface area contributed by atoms with Gasteiger partial charge in [-0.2, -0.15) is 5.10 Å². The van der Waals surface area contributed by atoms with Crippen LogP contribution in [0.3, 0.4) is 0 Å². The Bertz CT molecular complexity index is 990. The lowest BCUT2D eigenvalue weighted by molar-refractivity contribution is 0.152. The summed E-state index contributed by atoms with van der Waals surface area (Å²) in [7, 11) is 1.57. The number of rotatable bonds is 8. The molecule has 0 saturated heterocycles. The van der Waals surface area contributed by atoms with Gasteiger partial charge in [0, 0.05) is 28.2 Å². The summed E-state index contributed by atoms with van der Waals surface area (Å²) in [5, 5.41) is 4.41. The van der Waals surface area contributed by atoms with Gasteiger partial charge in [-0.25, -0.2) is 15.2 Å². The highest BCUT2D eigenvalue weighted by Gasteiger charge is 2.18. The van der Waals surface area contributed by atoms with Gasteiger partial charge in [-0.05, 0) is 30.9 Å². The van der Waals surface area contributed by atoms with Gasteiger partial charge in [0.05, 0.1) is 19.9 Å². The molecule has 1 heterocycles. The molecule has 1 aromatic carbocycles. The van der Waals surface area contributed by atoms with Crippen LogP contribution < -0.4 is 15.0 Å². The first kappa shape index (κ1) is 24.9. The number of nitrogens with one attached hydrogen (secondary N) is 1. The molecule has 0 aliphatic heterocycles. The molecule has 0 unspecified atom stereocenters. The summed E-state index contributed by atoms with van der Waals surface area (Å²) in [5.74, 6) is 0.520. The SMILES string of the molecule is CCCCn1cc(C(C)(C)C)s/c1=N\c1cc(Cl)cc(C=NNC(=O)OCC)c1OC. The van der Waals surface area contributed by atoms with Crippen LogP contribution in [0.1, 0.15) is 57.9 Å². The molecule has 0 radical (unpaired) electrons. The summed E-state index contributed by atoms with van der Waals surface area (Å²) in [4.78, 5) is 18.5. The van der Waals surface area contributed by atoms with E-state index in [1.54, 1.807) is 37.5 Å². The number of amides is 1. The summed E-state index contributed by atoms with van der Waals surface area (Å²) in [6, 6.07) is 3.47. The number of nitrogens with zero attached hydrogens (tertiary/aromatic N) is 3. The van der Waals surface area contributed by atoms with E-state index in [0.717, 1.165) is 24.2 Å². The Hall–Kier alpha value is -2.32. The molecule has 0 saturated carbocycles. The van der Waals surface area contributed by atoms with E-state index in [1.165, 1.54) is 11.1 Å². The quantitative estimate of drug-likeness (QED) is 0.405. The molecule has 31 heavy (non-hydrogen) atoms. The van der Waals surface area contributed by atoms with Crippen LogP contribution in [-0.2, 0) is 16.7 Å².